The van der Waals surface area contributed by atoms with Crippen molar-refractivity contribution >= 4 is 17.0 Å². The maximum atomic E-state index is 3.72. The van der Waals surface area contributed by atoms with Gasteiger partial charge in [-0.15, -0.1) is 11.3 Å². The minimum absolute atomic E-state index is 0.511. The van der Waals surface area contributed by atoms with Crippen LogP contribution in [-0.4, -0.2) is 0 Å². The zero-order valence-electron chi connectivity index (χ0n) is 11.4. The van der Waals surface area contributed by atoms with Crippen molar-refractivity contribution in [1.29, 1.82) is 0 Å². The van der Waals surface area contributed by atoms with Crippen LogP contribution in [-0.2, 0) is 6.42 Å². The average Bonchev–Trinajstić information content (AvgIpc) is 3.13. The molecule has 0 bridgehead atoms. The minimum Gasteiger partial charge on any atom is -0.377 e. The van der Waals surface area contributed by atoms with Gasteiger partial charge in [0.05, 0.1) is 6.04 Å². The van der Waals surface area contributed by atoms with E-state index in [9.17, 15) is 0 Å². The molecule has 1 N–H and O–H groups in total. The first-order valence-electron chi connectivity index (χ1n) is 7.25. The maximum absolute atomic E-state index is 3.72. The molecular weight excluding hydrogens is 250 g/mol. The number of rotatable bonds is 6. The molecule has 1 aromatic carbocycles. The molecule has 1 nitrogen and oxygen atoms in total. The van der Waals surface area contributed by atoms with Gasteiger partial charge in [-0.25, -0.2) is 0 Å². The second-order valence-corrected chi connectivity index (χ2v) is 6.40. The molecule has 3 rings (SSSR count). The standard InChI is InChI=1S/C17H21NS/c1-2-4-13-6-10-15(11-7-13)18-17(14-8-9-14)16-5-3-12-19-16/h3,5-7,10-12,14,17-18H,2,4,8-9H2,1H3. The van der Waals surface area contributed by atoms with Crippen molar-refractivity contribution in [2.24, 2.45) is 5.92 Å². The smallest absolute Gasteiger partial charge is 0.0634 e. The van der Waals surface area contributed by atoms with Gasteiger partial charge < -0.3 is 5.32 Å². The fraction of sp³-hybridized carbons (Fsp3) is 0.412. The van der Waals surface area contributed by atoms with Gasteiger partial charge in [-0.1, -0.05) is 31.5 Å². The monoisotopic (exact) mass is 271 g/mol. The first-order chi connectivity index (χ1) is 9.36. The summed E-state index contributed by atoms with van der Waals surface area (Å²) in [6, 6.07) is 13.9. The number of anilines is 1. The van der Waals surface area contributed by atoms with Crippen molar-refractivity contribution in [2.45, 2.75) is 38.6 Å². The molecule has 1 unspecified atom stereocenters. The molecule has 1 atom stereocenters. The number of hydrogen-bond acceptors (Lipinski definition) is 2. The third-order valence-corrected chi connectivity index (χ3v) is 4.71. The zero-order chi connectivity index (χ0) is 13.1. The van der Waals surface area contributed by atoms with Crippen LogP contribution in [0.1, 0.15) is 42.7 Å². The van der Waals surface area contributed by atoms with E-state index in [1.165, 1.54) is 41.8 Å². The van der Waals surface area contributed by atoms with Crippen LogP contribution in [0.2, 0.25) is 0 Å². The Balaban J connectivity index is 1.71. The van der Waals surface area contributed by atoms with Crippen molar-refractivity contribution in [3.05, 3.63) is 52.2 Å². The van der Waals surface area contributed by atoms with E-state index in [1.807, 2.05) is 11.3 Å². The molecule has 1 aromatic heterocycles. The summed E-state index contributed by atoms with van der Waals surface area (Å²) in [6.45, 7) is 2.23. The molecule has 1 heterocycles. The Morgan fingerprint density at radius 3 is 2.58 bits per heavy atom. The minimum atomic E-state index is 0.511. The highest BCUT2D eigenvalue weighted by atomic mass is 32.1. The Labute approximate surface area is 119 Å². The maximum Gasteiger partial charge on any atom is 0.0634 e. The van der Waals surface area contributed by atoms with E-state index in [-0.39, 0.29) is 0 Å². The molecule has 1 aliphatic rings. The van der Waals surface area contributed by atoms with E-state index in [2.05, 4.69) is 54.0 Å². The summed E-state index contributed by atoms with van der Waals surface area (Å²) in [4.78, 5) is 1.47. The molecule has 0 spiro atoms. The lowest BCUT2D eigenvalue weighted by Gasteiger charge is -2.18. The molecule has 0 amide bonds. The average molecular weight is 271 g/mol. The first kappa shape index (κ1) is 12.7. The van der Waals surface area contributed by atoms with Crippen molar-refractivity contribution in [1.82, 2.24) is 0 Å². The molecule has 1 saturated carbocycles. The highest BCUT2D eigenvalue weighted by Crippen LogP contribution is 2.44. The number of hydrogen-bond donors (Lipinski definition) is 1. The fourth-order valence-electron chi connectivity index (χ4n) is 2.55. The van der Waals surface area contributed by atoms with E-state index >= 15 is 0 Å². The number of benzene rings is 1. The second-order valence-electron chi connectivity index (χ2n) is 5.42. The second kappa shape index (κ2) is 5.79. The summed E-state index contributed by atoms with van der Waals surface area (Å²) in [6.07, 6.45) is 5.12. The predicted molar refractivity (Wildman–Crippen MR) is 83.8 cm³/mol. The Bertz CT molecular complexity index is 497. The molecule has 0 radical (unpaired) electrons. The Morgan fingerprint density at radius 2 is 2.00 bits per heavy atom. The summed E-state index contributed by atoms with van der Waals surface area (Å²) in [5.41, 5.74) is 2.69. The summed E-state index contributed by atoms with van der Waals surface area (Å²) in [5.74, 6) is 0.828. The van der Waals surface area contributed by atoms with Crippen LogP contribution >= 0.6 is 11.3 Å². The van der Waals surface area contributed by atoms with Crippen LogP contribution in [0.3, 0.4) is 0 Å². The number of nitrogens with one attached hydrogen (secondary N) is 1. The molecule has 1 aliphatic carbocycles. The van der Waals surface area contributed by atoms with E-state index < -0.39 is 0 Å². The molecule has 2 aromatic rings. The summed E-state index contributed by atoms with van der Waals surface area (Å²) in [5, 5.41) is 5.90. The van der Waals surface area contributed by atoms with Crippen LogP contribution in [0.4, 0.5) is 5.69 Å². The molecule has 2 heteroatoms. The van der Waals surface area contributed by atoms with Crippen molar-refractivity contribution in [3.8, 4) is 0 Å². The third kappa shape index (κ3) is 3.19. The molecular formula is C17H21NS. The van der Waals surface area contributed by atoms with Crippen LogP contribution in [0, 0.1) is 5.92 Å². The van der Waals surface area contributed by atoms with Gasteiger partial charge in [0.25, 0.3) is 0 Å². The van der Waals surface area contributed by atoms with E-state index in [1.54, 1.807) is 0 Å². The zero-order valence-corrected chi connectivity index (χ0v) is 12.2. The molecule has 19 heavy (non-hydrogen) atoms. The van der Waals surface area contributed by atoms with Crippen molar-refractivity contribution in [2.75, 3.05) is 5.32 Å². The van der Waals surface area contributed by atoms with E-state index in [0.29, 0.717) is 6.04 Å². The summed E-state index contributed by atoms with van der Waals surface area (Å²) < 4.78 is 0. The highest BCUT2D eigenvalue weighted by molar-refractivity contribution is 7.10. The van der Waals surface area contributed by atoms with Gasteiger partial charge in [-0.3, -0.25) is 0 Å². The largest absolute Gasteiger partial charge is 0.377 e. The lowest BCUT2D eigenvalue weighted by Crippen LogP contribution is -2.11. The van der Waals surface area contributed by atoms with Gasteiger partial charge >= 0.3 is 0 Å². The van der Waals surface area contributed by atoms with Gasteiger partial charge in [-0.2, -0.15) is 0 Å². The summed E-state index contributed by atoms with van der Waals surface area (Å²) >= 11 is 1.87. The van der Waals surface area contributed by atoms with Crippen LogP contribution < -0.4 is 5.32 Å². The Morgan fingerprint density at radius 1 is 1.21 bits per heavy atom. The van der Waals surface area contributed by atoms with Gasteiger partial charge in [0, 0.05) is 10.6 Å². The lowest BCUT2D eigenvalue weighted by molar-refractivity contribution is 0.691. The van der Waals surface area contributed by atoms with Gasteiger partial charge in [0.2, 0.25) is 0 Å². The van der Waals surface area contributed by atoms with E-state index in [0.717, 1.165) is 5.92 Å². The van der Waals surface area contributed by atoms with Gasteiger partial charge in [0.15, 0.2) is 0 Å². The van der Waals surface area contributed by atoms with Gasteiger partial charge in [-0.05, 0) is 54.3 Å². The Hall–Kier alpha value is -1.28. The van der Waals surface area contributed by atoms with Crippen LogP contribution in [0.25, 0.3) is 0 Å². The van der Waals surface area contributed by atoms with Crippen LogP contribution in [0.15, 0.2) is 41.8 Å². The quantitative estimate of drug-likeness (QED) is 0.755. The van der Waals surface area contributed by atoms with Gasteiger partial charge in [0.1, 0.15) is 0 Å². The molecule has 1 fully saturated rings. The predicted octanol–water partition coefficient (Wildman–Crippen LogP) is 5.26. The Kier molecular flexibility index (Phi) is 3.88. The number of thiophene rings is 1. The topological polar surface area (TPSA) is 12.0 Å². The SMILES string of the molecule is CCCc1ccc(NC(c2cccs2)C2CC2)cc1. The van der Waals surface area contributed by atoms with Crippen molar-refractivity contribution in [3.63, 3.8) is 0 Å². The molecule has 0 saturated heterocycles. The molecule has 100 valence electrons. The van der Waals surface area contributed by atoms with Crippen molar-refractivity contribution < 1.29 is 0 Å². The molecule has 0 aliphatic heterocycles. The number of aryl methyl sites for hydroxylation is 1. The third-order valence-electron chi connectivity index (χ3n) is 3.76. The highest BCUT2D eigenvalue weighted by Gasteiger charge is 2.32. The summed E-state index contributed by atoms with van der Waals surface area (Å²) in [7, 11) is 0. The van der Waals surface area contributed by atoms with E-state index in [4.69, 9.17) is 0 Å². The van der Waals surface area contributed by atoms with Crippen LogP contribution in [0.5, 0.6) is 0 Å². The lowest BCUT2D eigenvalue weighted by atomic mass is 10.1. The normalized spacial score (nSPS) is 16.3. The first-order valence-corrected chi connectivity index (χ1v) is 8.13. The fourth-order valence-corrected chi connectivity index (χ4v) is 3.42.